The van der Waals surface area contributed by atoms with E-state index in [0.717, 1.165) is 38.8 Å². The van der Waals surface area contributed by atoms with Crippen LogP contribution in [0, 0.1) is 0 Å². The summed E-state index contributed by atoms with van der Waals surface area (Å²) in [7, 11) is 0. The molecule has 0 saturated carbocycles. The zero-order valence-corrected chi connectivity index (χ0v) is 12.7. The number of halogens is 1. The maximum absolute atomic E-state index is 11.9. The third kappa shape index (κ3) is 3.96. The molecular formula is C14H22ClN3O2. The average Bonchev–Trinajstić information content (AvgIpc) is 2.48. The van der Waals surface area contributed by atoms with Gasteiger partial charge in [-0.1, -0.05) is 18.5 Å². The highest BCUT2D eigenvalue weighted by Crippen LogP contribution is 2.18. The Morgan fingerprint density at radius 1 is 1.55 bits per heavy atom. The first-order valence-electron chi connectivity index (χ1n) is 7.33. The third-order valence-electron chi connectivity index (χ3n) is 3.48. The quantitative estimate of drug-likeness (QED) is 0.877. The molecule has 6 heteroatoms. The zero-order chi connectivity index (χ0) is 14.4. The first kappa shape index (κ1) is 15.3. The van der Waals surface area contributed by atoms with Crippen molar-refractivity contribution in [2.75, 3.05) is 18.5 Å². The van der Waals surface area contributed by atoms with Crippen LogP contribution >= 0.6 is 11.6 Å². The van der Waals surface area contributed by atoms with Crippen molar-refractivity contribution in [3.05, 3.63) is 21.6 Å². The molecule has 2 heterocycles. The summed E-state index contributed by atoms with van der Waals surface area (Å²) in [4.78, 5) is 11.9. The van der Waals surface area contributed by atoms with Gasteiger partial charge in [-0.05, 0) is 32.1 Å². The van der Waals surface area contributed by atoms with Gasteiger partial charge in [-0.2, -0.15) is 5.10 Å². The first-order chi connectivity index (χ1) is 9.72. The van der Waals surface area contributed by atoms with E-state index in [0.29, 0.717) is 18.3 Å². The summed E-state index contributed by atoms with van der Waals surface area (Å²) in [6.07, 6.45) is 7.24. The van der Waals surface area contributed by atoms with Crippen LogP contribution in [-0.4, -0.2) is 29.0 Å². The van der Waals surface area contributed by atoms with Gasteiger partial charge in [-0.25, -0.2) is 4.68 Å². The monoisotopic (exact) mass is 299 g/mol. The molecule has 0 spiro atoms. The summed E-state index contributed by atoms with van der Waals surface area (Å²) in [5.41, 5.74) is 0.382. The minimum absolute atomic E-state index is 0.220. The lowest BCUT2D eigenvalue weighted by atomic mass is 10.1. The second-order valence-corrected chi connectivity index (χ2v) is 5.48. The van der Waals surface area contributed by atoms with E-state index in [1.165, 1.54) is 11.1 Å². The lowest BCUT2D eigenvalue weighted by molar-refractivity contribution is 0.0134. The summed E-state index contributed by atoms with van der Waals surface area (Å²) in [6, 6.07) is 0. The van der Waals surface area contributed by atoms with E-state index in [9.17, 15) is 4.79 Å². The molecule has 1 N–H and O–H groups in total. The SMILES string of the molecule is CCCn1ncc(NCCC2CCCCO2)c(Cl)c1=O. The van der Waals surface area contributed by atoms with E-state index in [2.05, 4.69) is 10.4 Å². The van der Waals surface area contributed by atoms with Crippen LogP contribution in [0.5, 0.6) is 0 Å². The van der Waals surface area contributed by atoms with E-state index in [1.54, 1.807) is 6.20 Å². The van der Waals surface area contributed by atoms with Crippen molar-refractivity contribution < 1.29 is 4.74 Å². The summed E-state index contributed by atoms with van der Waals surface area (Å²) in [5, 5.41) is 7.52. The Balaban J connectivity index is 1.89. The fourth-order valence-corrected chi connectivity index (χ4v) is 2.58. The van der Waals surface area contributed by atoms with Crippen LogP contribution in [-0.2, 0) is 11.3 Å². The zero-order valence-electron chi connectivity index (χ0n) is 11.9. The van der Waals surface area contributed by atoms with Crippen LogP contribution < -0.4 is 10.9 Å². The molecule has 1 unspecified atom stereocenters. The molecule has 1 aromatic rings. The van der Waals surface area contributed by atoms with Crippen molar-refractivity contribution in [1.29, 1.82) is 0 Å². The number of hydrogen-bond donors (Lipinski definition) is 1. The molecular weight excluding hydrogens is 278 g/mol. The summed E-state index contributed by atoms with van der Waals surface area (Å²) in [6.45, 7) is 4.19. The van der Waals surface area contributed by atoms with Gasteiger partial charge in [0, 0.05) is 19.7 Å². The van der Waals surface area contributed by atoms with Crippen LogP contribution in [0.2, 0.25) is 5.02 Å². The number of rotatable bonds is 6. The predicted octanol–water partition coefficient (Wildman–Crippen LogP) is 2.68. The van der Waals surface area contributed by atoms with Crippen LogP contribution in [0.25, 0.3) is 0 Å². The molecule has 0 amide bonds. The van der Waals surface area contributed by atoms with Crippen molar-refractivity contribution in [1.82, 2.24) is 9.78 Å². The van der Waals surface area contributed by atoms with E-state index >= 15 is 0 Å². The lowest BCUT2D eigenvalue weighted by Crippen LogP contribution is -2.25. The molecule has 1 aliphatic rings. The summed E-state index contributed by atoms with van der Waals surface area (Å²) in [5.74, 6) is 0. The number of aromatic nitrogens is 2. The molecule has 1 aliphatic heterocycles. The molecule has 1 fully saturated rings. The van der Waals surface area contributed by atoms with Crippen LogP contribution in [0.15, 0.2) is 11.0 Å². The maximum Gasteiger partial charge on any atom is 0.287 e. The van der Waals surface area contributed by atoms with Gasteiger partial charge in [-0.15, -0.1) is 0 Å². The first-order valence-corrected chi connectivity index (χ1v) is 7.71. The number of nitrogens with one attached hydrogen (secondary N) is 1. The van der Waals surface area contributed by atoms with Crippen molar-refractivity contribution in [2.45, 2.75) is 51.7 Å². The molecule has 0 bridgehead atoms. The molecule has 2 rings (SSSR count). The van der Waals surface area contributed by atoms with Gasteiger partial charge >= 0.3 is 0 Å². The van der Waals surface area contributed by atoms with Gasteiger partial charge in [0.05, 0.1) is 18.0 Å². The predicted molar refractivity (Wildman–Crippen MR) is 80.5 cm³/mol. The smallest absolute Gasteiger partial charge is 0.287 e. The molecule has 112 valence electrons. The summed E-state index contributed by atoms with van der Waals surface area (Å²) < 4.78 is 7.07. The van der Waals surface area contributed by atoms with Crippen molar-refractivity contribution in [3.8, 4) is 0 Å². The van der Waals surface area contributed by atoms with Gasteiger partial charge in [0.1, 0.15) is 5.02 Å². The van der Waals surface area contributed by atoms with Crippen molar-refractivity contribution in [3.63, 3.8) is 0 Å². The highest BCUT2D eigenvalue weighted by atomic mass is 35.5. The number of anilines is 1. The Labute approximate surface area is 124 Å². The Morgan fingerprint density at radius 3 is 3.10 bits per heavy atom. The molecule has 0 aromatic carbocycles. The van der Waals surface area contributed by atoms with E-state index in [-0.39, 0.29) is 10.6 Å². The normalized spacial score (nSPS) is 19.0. The van der Waals surface area contributed by atoms with Gasteiger partial charge in [0.2, 0.25) is 0 Å². The number of hydrogen-bond acceptors (Lipinski definition) is 4. The highest BCUT2D eigenvalue weighted by Gasteiger charge is 2.14. The Kier molecular flexibility index (Phi) is 5.86. The molecule has 0 aliphatic carbocycles. The number of nitrogens with zero attached hydrogens (tertiary/aromatic N) is 2. The van der Waals surface area contributed by atoms with E-state index in [4.69, 9.17) is 16.3 Å². The molecule has 1 atom stereocenters. The summed E-state index contributed by atoms with van der Waals surface area (Å²) >= 11 is 6.09. The Bertz CT molecular complexity index is 484. The standard InChI is InChI=1S/C14H22ClN3O2/c1-2-8-18-14(19)13(15)12(10-17-18)16-7-6-11-5-3-4-9-20-11/h10-11,16H,2-9H2,1H3. The maximum atomic E-state index is 11.9. The Hall–Kier alpha value is -1.07. The van der Waals surface area contributed by atoms with Crippen LogP contribution in [0.1, 0.15) is 39.0 Å². The van der Waals surface area contributed by atoms with Gasteiger partial charge in [0.25, 0.3) is 5.56 Å². The molecule has 1 saturated heterocycles. The second-order valence-electron chi connectivity index (χ2n) is 5.10. The highest BCUT2D eigenvalue weighted by molar-refractivity contribution is 6.32. The third-order valence-corrected chi connectivity index (χ3v) is 3.84. The molecule has 20 heavy (non-hydrogen) atoms. The van der Waals surface area contributed by atoms with E-state index in [1.807, 2.05) is 6.92 Å². The lowest BCUT2D eigenvalue weighted by Gasteiger charge is -2.22. The van der Waals surface area contributed by atoms with Gasteiger partial charge in [-0.3, -0.25) is 4.79 Å². The van der Waals surface area contributed by atoms with Crippen molar-refractivity contribution in [2.24, 2.45) is 0 Å². The van der Waals surface area contributed by atoms with Crippen LogP contribution in [0.4, 0.5) is 5.69 Å². The fraction of sp³-hybridized carbons (Fsp3) is 0.714. The molecule has 0 radical (unpaired) electrons. The topological polar surface area (TPSA) is 56.1 Å². The largest absolute Gasteiger partial charge is 0.382 e. The molecule has 5 nitrogen and oxygen atoms in total. The van der Waals surface area contributed by atoms with Crippen LogP contribution in [0.3, 0.4) is 0 Å². The number of aryl methyl sites for hydroxylation is 1. The van der Waals surface area contributed by atoms with E-state index < -0.39 is 0 Å². The minimum Gasteiger partial charge on any atom is -0.382 e. The average molecular weight is 300 g/mol. The fourth-order valence-electron chi connectivity index (χ4n) is 2.36. The minimum atomic E-state index is -0.229. The Morgan fingerprint density at radius 2 is 2.40 bits per heavy atom. The van der Waals surface area contributed by atoms with Crippen molar-refractivity contribution >= 4 is 17.3 Å². The molecule has 1 aromatic heterocycles. The van der Waals surface area contributed by atoms with Gasteiger partial charge < -0.3 is 10.1 Å². The number of ether oxygens (including phenoxy) is 1. The second kappa shape index (κ2) is 7.64. The van der Waals surface area contributed by atoms with Gasteiger partial charge in [0.15, 0.2) is 0 Å².